The van der Waals surface area contributed by atoms with Gasteiger partial charge in [0.15, 0.2) is 0 Å². The third-order valence-electron chi connectivity index (χ3n) is 2.76. The number of rotatable bonds is 6. The van der Waals surface area contributed by atoms with Crippen molar-refractivity contribution in [1.82, 2.24) is 4.31 Å². The van der Waals surface area contributed by atoms with E-state index in [1.165, 1.54) is 4.31 Å². The number of halogens is 1. The quantitative estimate of drug-likeness (QED) is 0.686. The van der Waals surface area contributed by atoms with Gasteiger partial charge in [0.25, 0.3) is 0 Å². The average molecular weight is 270 g/mol. The molecule has 0 saturated carbocycles. The minimum absolute atomic E-state index is 0.281. The molecule has 1 heterocycles. The third-order valence-corrected chi connectivity index (χ3v) is 5.32. The zero-order valence-electron chi connectivity index (χ0n) is 9.69. The van der Waals surface area contributed by atoms with Gasteiger partial charge >= 0.3 is 0 Å². The van der Waals surface area contributed by atoms with E-state index in [1.54, 1.807) is 0 Å². The Hall–Kier alpha value is 0.160. The molecule has 0 N–H and O–H groups in total. The standard InChI is InChI=1S/C10H20ClNO3S/c1-2-6-12(7-5-11)16(13,14)10-3-8-15-9-4-10/h10H,2-9H2,1H3. The fourth-order valence-electron chi connectivity index (χ4n) is 1.89. The van der Waals surface area contributed by atoms with E-state index in [-0.39, 0.29) is 5.25 Å². The lowest BCUT2D eigenvalue weighted by atomic mass is 10.2. The van der Waals surface area contributed by atoms with Crippen LogP contribution in [0.25, 0.3) is 0 Å². The summed E-state index contributed by atoms with van der Waals surface area (Å²) in [7, 11) is -3.18. The van der Waals surface area contributed by atoms with Gasteiger partial charge in [-0.15, -0.1) is 11.6 Å². The van der Waals surface area contributed by atoms with Crippen LogP contribution in [0.1, 0.15) is 26.2 Å². The van der Waals surface area contributed by atoms with E-state index in [2.05, 4.69) is 0 Å². The Morgan fingerprint density at radius 1 is 1.31 bits per heavy atom. The van der Waals surface area contributed by atoms with E-state index in [0.717, 1.165) is 6.42 Å². The second kappa shape index (κ2) is 6.79. The molecule has 6 heteroatoms. The minimum Gasteiger partial charge on any atom is -0.381 e. The van der Waals surface area contributed by atoms with Crippen molar-refractivity contribution in [2.24, 2.45) is 0 Å². The zero-order valence-corrected chi connectivity index (χ0v) is 11.3. The van der Waals surface area contributed by atoms with Gasteiger partial charge in [-0.05, 0) is 19.3 Å². The Bertz CT molecular complexity index is 282. The first-order valence-corrected chi connectivity index (χ1v) is 7.79. The van der Waals surface area contributed by atoms with Gasteiger partial charge in [-0.2, -0.15) is 0 Å². The van der Waals surface area contributed by atoms with Gasteiger partial charge in [-0.25, -0.2) is 12.7 Å². The second-order valence-electron chi connectivity index (χ2n) is 3.94. The van der Waals surface area contributed by atoms with Gasteiger partial charge in [-0.3, -0.25) is 0 Å². The maximum Gasteiger partial charge on any atom is 0.217 e. The average Bonchev–Trinajstić information content (AvgIpc) is 2.30. The van der Waals surface area contributed by atoms with Crippen molar-refractivity contribution in [3.8, 4) is 0 Å². The van der Waals surface area contributed by atoms with Crippen LogP contribution in [0, 0.1) is 0 Å². The molecule has 1 aliphatic rings. The molecule has 1 aliphatic heterocycles. The Morgan fingerprint density at radius 2 is 1.94 bits per heavy atom. The monoisotopic (exact) mass is 269 g/mol. The van der Waals surface area contributed by atoms with Crippen molar-refractivity contribution in [1.29, 1.82) is 0 Å². The highest BCUT2D eigenvalue weighted by molar-refractivity contribution is 7.89. The summed E-state index contributed by atoms with van der Waals surface area (Å²) >= 11 is 5.65. The lowest BCUT2D eigenvalue weighted by Gasteiger charge is -2.29. The summed E-state index contributed by atoms with van der Waals surface area (Å²) in [4.78, 5) is 0. The van der Waals surface area contributed by atoms with E-state index in [4.69, 9.17) is 16.3 Å². The molecular weight excluding hydrogens is 250 g/mol. The Balaban J connectivity index is 2.70. The van der Waals surface area contributed by atoms with Gasteiger partial charge in [0.05, 0.1) is 5.25 Å². The predicted molar refractivity (Wildman–Crippen MR) is 65.3 cm³/mol. The number of sulfonamides is 1. The van der Waals surface area contributed by atoms with Gasteiger partial charge in [-0.1, -0.05) is 6.92 Å². The van der Waals surface area contributed by atoms with E-state index < -0.39 is 10.0 Å². The van der Waals surface area contributed by atoms with Crippen molar-refractivity contribution in [2.45, 2.75) is 31.4 Å². The molecule has 0 bridgehead atoms. The van der Waals surface area contributed by atoms with Gasteiger partial charge in [0, 0.05) is 32.2 Å². The first kappa shape index (κ1) is 14.2. The molecule has 1 fully saturated rings. The van der Waals surface area contributed by atoms with Crippen LogP contribution in [0.5, 0.6) is 0 Å². The van der Waals surface area contributed by atoms with Crippen molar-refractivity contribution in [3.05, 3.63) is 0 Å². The van der Waals surface area contributed by atoms with Crippen molar-refractivity contribution >= 4 is 21.6 Å². The molecule has 0 aliphatic carbocycles. The molecule has 0 aromatic heterocycles. The smallest absolute Gasteiger partial charge is 0.217 e. The molecule has 0 amide bonds. The summed E-state index contributed by atoms with van der Waals surface area (Å²) in [5.74, 6) is 0.350. The summed E-state index contributed by atoms with van der Waals surface area (Å²) in [6.45, 7) is 4.04. The molecule has 0 spiro atoms. The molecule has 0 aromatic carbocycles. The van der Waals surface area contributed by atoms with Crippen LogP contribution in [-0.2, 0) is 14.8 Å². The first-order chi connectivity index (χ1) is 7.62. The maximum atomic E-state index is 12.3. The highest BCUT2D eigenvalue weighted by Crippen LogP contribution is 2.19. The number of nitrogens with zero attached hydrogens (tertiary/aromatic N) is 1. The molecule has 1 saturated heterocycles. The van der Waals surface area contributed by atoms with E-state index in [9.17, 15) is 8.42 Å². The largest absolute Gasteiger partial charge is 0.381 e. The molecule has 0 radical (unpaired) electrons. The number of hydrogen-bond donors (Lipinski definition) is 0. The highest BCUT2D eigenvalue weighted by atomic mass is 35.5. The molecule has 0 unspecified atom stereocenters. The topological polar surface area (TPSA) is 46.6 Å². The van der Waals surface area contributed by atoms with Crippen molar-refractivity contribution < 1.29 is 13.2 Å². The zero-order chi connectivity index (χ0) is 12.0. The van der Waals surface area contributed by atoms with E-state index in [0.29, 0.717) is 45.0 Å². The summed E-state index contributed by atoms with van der Waals surface area (Å²) in [6.07, 6.45) is 2.02. The SMILES string of the molecule is CCCN(CCCl)S(=O)(=O)C1CCOCC1. The molecule has 0 atom stereocenters. The van der Waals surface area contributed by atoms with Gasteiger partial charge in [0.2, 0.25) is 10.0 Å². The fourth-order valence-corrected chi connectivity index (χ4v) is 4.19. The van der Waals surface area contributed by atoms with Crippen LogP contribution >= 0.6 is 11.6 Å². The van der Waals surface area contributed by atoms with Crippen LogP contribution in [-0.4, -0.2) is 50.2 Å². The van der Waals surface area contributed by atoms with Gasteiger partial charge < -0.3 is 4.74 Å². The number of hydrogen-bond acceptors (Lipinski definition) is 3. The van der Waals surface area contributed by atoms with Crippen molar-refractivity contribution in [2.75, 3.05) is 32.2 Å². The predicted octanol–water partition coefficient (Wildman–Crippen LogP) is 1.45. The summed E-state index contributed by atoms with van der Waals surface area (Å²) in [5.41, 5.74) is 0. The fraction of sp³-hybridized carbons (Fsp3) is 1.00. The van der Waals surface area contributed by atoms with Crippen molar-refractivity contribution in [3.63, 3.8) is 0 Å². The van der Waals surface area contributed by atoms with Crippen LogP contribution in [0.2, 0.25) is 0 Å². The first-order valence-electron chi connectivity index (χ1n) is 5.75. The highest BCUT2D eigenvalue weighted by Gasteiger charge is 2.32. The Kier molecular flexibility index (Phi) is 6.03. The normalized spacial score (nSPS) is 19.2. The van der Waals surface area contributed by atoms with Crippen LogP contribution in [0.3, 0.4) is 0 Å². The summed E-state index contributed by atoms with van der Waals surface area (Å²) in [6, 6.07) is 0. The lowest BCUT2D eigenvalue weighted by Crippen LogP contribution is -2.42. The molecular formula is C10H20ClNO3S. The molecule has 4 nitrogen and oxygen atoms in total. The lowest BCUT2D eigenvalue weighted by molar-refractivity contribution is 0.0972. The van der Waals surface area contributed by atoms with E-state index in [1.807, 2.05) is 6.92 Å². The molecule has 0 aromatic rings. The van der Waals surface area contributed by atoms with Crippen LogP contribution in [0.4, 0.5) is 0 Å². The maximum absolute atomic E-state index is 12.3. The minimum atomic E-state index is -3.18. The molecule has 16 heavy (non-hydrogen) atoms. The van der Waals surface area contributed by atoms with Gasteiger partial charge in [0.1, 0.15) is 0 Å². The summed E-state index contributed by atoms with van der Waals surface area (Å²) < 4.78 is 31.3. The Morgan fingerprint density at radius 3 is 2.44 bits per heavy atom. The second-order valence-corrected chi connectivity index (χ2v) is 6.54. The van der Waals surface area contributed by atoms with E-state index >= 15 is 0 Å². The third kappa shape index (κ3) is 3.58. The van der Waals surface area contributed by atoms with Crippen LogP contribution < -0.4 is 0 Å². The Labute approximate surface area is 103 Å². The number of alkyl halides is 1. The number of ether oxygens (including phenoxy) is 1. The van der Waals surface area contributed by atoms with Crippen LogP contribution in [0.15, 0.2) is 0 Å². The summed E-state index contributed by atoms with van der Waals surface area (Å²) in [5, 5.41) is -0.281. The molecule has 1 rings (SSSR count). The molecule has 96 valence electrons.